The Balaban J connectivity index is 2.66. The third-order valence-corrected chi connectivity index (χ3v) is 3.74. The fourth-order valence-electron chi connectivity index (χ4n) is 1.52. The number of nitrogens with zero attached hydrogens (tertiary/aromatic N) is 1. The molecule has 1 heterocycles. The second kappa shape index (κ2) is 6.04. The molecule has 0 saturated heterocycles. The third-order valence-electron chi connectivity index (χ3n) is 3.17. The van der Waals surface area contributed by atoms with Crippen molar-refractivity contribution < 1.29 is 4.39 Å². The van der Waals surface area contributed by atoms with Gasteiger partial charge in [0.1, 0.15) is 0 Å². The van der Waals surface area contributed by atoms with Crippen LogP contribution < -0.4 is 5.32 Å². The lowest BCUT2D eigenvalue weighted by Gasteiger charge is -2.29. The molecule has 4 heteroatoms. The average Bonchev–Trinajstić information content (AvgIpc) is 2.34. The number of halogens is 2. The van der Waals surface area contributed by atoms with E-state index in [0.717, 1.165) is 12.8 Å². The summed E-state index contributed by atoms with van der Waals surface area (Å²) in [7, 11) is 0. The van der Waals surface area contributed by atoms with Crippen LogP contribution in [0.15, 0.2) is 18.3 Å². The number of hydrogen-bond donors (Lipinski definition) is 1. The zero-order valence-electron chi connectivity index (χ0n) is 9.76. The molecule has 1 rings (SSSR count). The van der Waals surface area contributed by atoms with E-state index in [1.165, 1.54) is 6.07 Å². The van der Waals surface area contributed by atoms with Crippen molar-refractivity contribution in [3.05, 3.63) is 24.1 Å². The quantitative estimate of drug-likeness (QED) is 0.773. The molecule has 16 heavy (non-hydrogen) atoms. The fraction of sp³-hybridized carbons (Fsp3) is 0.583. The number of aromatic nitrogens is 1. The van der Waals surface area contributed by atoms with Gasteiger partial charge in [0.2, 0.25) is 0 Å². The van der Waals surface area contributed by atoms with E-state index in [2.05, 4.69) is 24.1 Å². The Labute approximate surface area is 101 Å². The Morgan fingerprint density at radius 3 is 2.62 bits per heavy atom. The highest BCUT2D eigenvalue weighted by atomic mass is 35.5. The first-order chi connectivity index (χ1) is 7.67. The summed E-state index contributed by atoms with van der Waals surface area (Å²) in [4.78, 5) is 3.96. The lowest BCUT2D eigenvalue weighted by atomic mass is 9.84. The lowest BCUT2D eigenvalue weighted by Crippen LogP contribution is -2.30. The van der Waals surface area contributed by atoms with Gasteiger partial charge in [0.05, 0.1) is 0 Å². The largest absolute Gasteiger partial charge is 0.367 e. The number of rotatable bonds is 6. The minimum Gasteiger partial charge on any atom is -0.367 e. The smallest absolute Gasteiger partial charge is 0.165 e. The van der Waals surface area contributed by atoms with Gasteiger partial charge >= 0.3 is 0 Å². The Bertz CT molecular complexity index is 318. The maximum absolute atomic E-state index is 13.3. The van der Waals surface area contributed by atoms with Crippen molar-refractivity contribution in [3.63, 3.8) is 0 Å². The maximum atomic E-state index is 13.3. The van der Waals surface area contributed by atoms with Crippen LogP contribution in [0.2, 0.25) is 0 Å². The van der Waals surface area contributed by atoms with E-state index in [1.54, 1.807) is 12.3 Å². The molecule has 0 amide bonds. The van der Waals surface area contributed by atoms with Gasteiger partial charge in [-0.3, -0.25) is 0 Å². The van der Waals surface area contributed by atoms with Crippen molar-refractivity contribution in [1.82, 2.24) is 4.98 Å². The van der Waals surface area contributed by atoms with Crippen LogP contribution in [0.25, 0.3) is 0 Å². The molecule has 0 atom stereocenters. The topological polar surface area (TPSA) is 24.9 Å². The van der Waals surface area contributed by atoms with Crippen molar-refractivity contribution in [2.45, 2.75) is 26.7 Å². The zero-order chi connectivity index (χ0) is 12.0. The van der Waals surface area contributed by atoms with E-state index in [4.69, 9.17) is 11.6 Å². The minimum absolute atomic E-state index is 0.0194. The molecule has 0 unspecified atom stereocenters. The molecule has 0 saturated carbocycles. The molecule has 2 nitrogen and oxygen atoms in total. The lowest BCUT2D eigenvalue weighted by molar-refractivity contribution is 0.326. The Hall–Kier alpha value is -0.830. The molecule has 1 aromatic rings. The van der Waals surface area contributed by atoms with Gasteiger partial charge in [-0.2, -0.15) is 0 Å². The molecule has 0 aliphatic carbocycles. The summed E-state index contributed by atoms with van der Waals surface area (Å²) < 4.78 is 13.3. The van der Waals surface area contributed by atoms with Crippen molar-refractivity contribution in [1.29, 1.82) is 0 Å². The molecular formula is C12H18ClFN2. The van der Waals surface area contributed by atoms with Gasteiger partial charge in [-0.15, -0.1) is 11.6 Å². The van der Waals surface area contributed by atoms with Crippen LogP contribution in [-0.4, -0.2) is 17.4 Å². The molecule has 90 valence electrons. The summed E-state index contributed by atoms with van der Waals surface area (Å²) in [5.41, 5.74) is 0.0194. The summed E-state index contributed by atoms with van der Waals surface area (Å²) in [5, 5.41) is 3.04. The van der Waals surface area contributed by atoms with Crippen LogP contribution in [0.1, 0.15) is 26.7 Å². The SMILES string of the molecule is CCC(CC)(CCl)CNc1ncccc1F. The van der Waals surface area contributed by atoms with Gasteiger partial charge in [-0.25, -0.2) is 9.37 Å². The number of hydrogen-bond acceptors (Lipinski definition) is 2. The molecule has 0 bridgehead atoms. The average molecular weight is 245 g/mol. The number of anilines is 1. The number of nitrogens with one attached hydrogen (secondary N) is 1. The Kier molecular flexibility index (Phi) is 5.00. The van der Waals surface area contributed by atoms with Gasteiger partial charge in [0, 0.05) is 24.0 Å². The highest BCUT2D eigenvalue weighted by Crippen LogP contribution is 2.28. The maximum Gasteiger partial charge on any atom is 0.165 e. The molecule has 0 aromatic carbocycles. The van der Waals surface area contributed by atoms with Gasteiger partial charge in [0.25, 0.3) is 0 Å². The number of pyridine rings is 1. The van der Waals surface area contributed by atoms with E-state index >= 15 is 0 Å². The van der Waals surface area contributed by atoms with Gasteiger partial charge in [-0.05, 0) is 25.0 Å². The molecule has 1 N–H and O–H groups in total. The third kappa shape index (κ3) is 3.08. The van der Waals surface area contributed by atoms with Crippen molar-refractivity contribution in [2.75, 3.05) is 17.7 Å². The second-order valence-corrected chi connectivity index (χ2v) is 4.30. The molecular weight excluding hydrogens is 227 g/mol. The van der Waals surface area contributed by atoms with Crippen molar-refractivity contribution in [3.8, 4) is 0 Å². The van der Waals surface area contributed by atoms with Crippen LogP contribution in [0.3, 0.4) is 0 Å². The van der Waals surface area contributed by atoms with Gasteiger partial charge < -0.3 is 5.32 Å². The fourth-order valence-corrected chi connectivity index (χ4v) is 2.00. The van der Waals surface area contributed by atoms with E-state index < -0.39 is 0 Å². The van der Waals surface area contributed by atoms with Crippen LogP contribution in [-0.2, 0) is 0 Å². The standard InChI is InChI=1S/C12H18ClFN2/c1-3-12(4-2,8-13)9-16-11-10(14)6-5-7-15-11/h5-7H,3-4,8-9H2,1-2H3,(H,15,16). The summed E-state index contributed by atoms with van der Waals surface area (Å²) in [6, 6.07) is 2.98. The minimum atomic E-state index is -0.321. The summed E-state index contributed by atoms with van der Waals surface area (Å²) in [6.07, 6.45) is 3.51. The Morgan fingerprint density at radius 2 is 2.12 bits per heavy atom. The van der Waals surface area contributed by atoms with Crippen LogP contribution in [0.5, 0.6) is 0 Å². The first kappa shape index (κ1) is 13.2. The molecule has 0 aliphatic rings. The highest BCUT2D eigenvalue weighted by Gasteiger charge is 2.25. The monoisotopic (exact) mass is 244 g/mol. The van der Waals surface area contributed by atoms with Crippen molar-refractivity contribution >= 4 is 17.4 Å². The number of alkyl halides is 1. The normalized spacial score (nSPS) is 11.5. The zero-order valence-corrected chi connectivity index (χ0v) is 10.5. The predicted molar refractivity (Wildman–Crippen MR) is 66.4 cm³/mol. The van der Waals surface area contributed by atoms with Gasteiger partial charge in [0.15, 0.2) is 11.6 Å². The second-order valence-electron chi connectivity index (χ2n) is 4.03. The van der Waals surface area contributed by atoms with Crippen LogP contribution in [0.4, 0.5) is 10.2 Å². The van der Waals surface area contributed by atoms with E-state index in [0.29, 0.717) is 18.2 Å². The molecule has 1 aromatic heterocycles. The highest BCUT2D eigenvalue weighted by molar-refractivity contribution is 6.18. The first-order valence-corrected chi connectivity index (χ1v) is 6.11. The molecule has 0 aliphatic heterocycles. The van der Waals surface area contributed by atoms with Gasteiger partial charge in [-0.1, -0.05) is 13.8 Å². The van der Waals surface area contributed by atoms with E-state index in [1.807, 2.05) is 0 Å². The summed E-state index contributed by atoms with van der Waals surface area (Å²) in [5.74, 6) is 0.554. The predicted octanol–water partition coefficient (Wildman–Crippen LogP) is 3.68. The molecule has 0 spiro atoms. The first-order valence-electron chi connectivity index (χ1n) is 5.58. The van der Waals surface area contributed by atoms with E-state index in [9.17, 15) is 4.39 Å². The molecule has 0 fully saturated rings. The van der Waals surface area contributed by atoms with Crippen molar-refractivity contribution in [2.24, 2.45) is 5.41 Å². The van der Waals surface area contributed by atoms with E-state index in [-0.39, 0.29) is 11.2 Å². The van der Waals surface area contributed by atoms with Crippen LogP contribution in [0, 0.1) is 11.2 Å². The Morgan fingerprint density at radius 1 is 1.44 bits per heavy atom. The molecule has 0 radical (unpaired) electrons. The summed E-state index contributed by atoms with van der Waals surface area (Å²) in [6.45, 7) is 4.85. The summed E-state index contributed by atoms with van der Waals surface area (Å²) >= 11 is 5.98. The van der Waals surface area contributed by atoms with Crippen LogP contribution >= 0.6 is 11.6 Å².